The van der Waals surface area contributed by atoms with Gasteiger partial charge in [-0.25, -0.2) is 0 Å². The number of para-hydroxylation sites is 2. The van der Waals surface area contributed by atoms with Crippen molar-refractivity contribution in [1.29, 1.82) is 0 Å². The van der Waals surface area contributed by atoms with Gasteiger partial charge in [0.1, 0.15) is 0 Å². The molecule has 14 rings (SSSR count). The van der Waals surface area contributed by atoms with Crippen molar-refractivity contribution in [3.05, 3.63) is 253 Å². The highest BCUT2D eigenvalue weighted by molar-refractivity contribution is 6.16. The summed E-state index contributed by atoms with van der Waals surface area (Å²) in [6.45, 7) is 0. The topological polar surface area (TPSA) is 8.17 Å². The van der Waals surface area contributed by atoms with E-state index in [2.05, 4.69) is 240 Å². The molecule has 12 aromatic rings. The molecule has 0 aliphatic heterocycles. The van der Waals surface area contributed by atoms with Crippen LogP contribution >= 0.6 is 0 Å². The van der Waals surface area contributed by atoms with Gasteiger partial charge in [0.15, 0.2) is 0 Å². The molecule has 0 saturated heterocycles. The Kier molecular flexibility index (Phi) is 7.07. The van der Waals surface area contributed by atoms with Gasteiger partial charge in [0.05, 0.1) is 27.8 Å². The first-order valence-electron chi connectivity index (χ1n) is 21.9. The van der Waals surface area contributed by atoms with E-state index in [1.54, 1.807) is 0 Å². The molecule has 1 spiro atoms. The molecule has 292 valence electrons. The largest absolute Gasteiger partial charge is 0.309 e. The third-order valence-corrected chi connectivity index (χ3v) is 14.2. The fraction of sp³-hybridized carbons (Fsp3) is 0.0164. The van der Waals surface area contributed by atoms with Crippen LogP contribution < -0.4 is 4.90 Å². The average molecular weight is 799 g/mol. The van der Waals surface area contributed by atoms with Gasteiger partial charge in [0.2, 0.25) is 0 Å². The number of aromatic nitrogens is 1. The van der Waals surface area contributed by atoms with Crippen molar-refractivity contribution >= 4 is 71.2 Å². The van der Waals surface area contributed by atoms with Crippen LogP contribution in [0, 0.1) is 0 Å². The molecule has 0 amide bonds. The zero-order valence-electron chi connectivity index (χ0n) is 34.3. The Bertz CT molecular complexity index is 3860. The molecule has 2 aliphatic rings. The molecule has 2 nitrogen and oxygen atoms in total. The van der Waals surface area contributed by atoms with E-state index in [-0.39, 0.29) is 0 Å². The maximum absolute atomic E-state index is 2.52. The monoisotopic (exact) mass is 798 g/mol. The lowest BCUT2D eigenvalue weighted by Crippen LogP contribution is -2.36. The summed E-state index contributed by atoms with van der Waals surface area (Å²) in [6.07, 6.45) is 0. The van der Waals surface area contributed by atoms with Gasteiger partial charge >= 0.3 is 0 Å². The van der Waals surface area contributed by atoms with Crippen molar-refractivity contribution < 1.29 is 0 Å². The summed E-state index contributed by atoms with van der Waals surface area (Å²) >= 11 is 0. The summed E-state index contributed by atoms with van der Waals surface area (Å²) in [5, 5.41) is 10.0. The highest BCUT2D eigenvalue weighted by Gasteiger charge is 2.48. The van der Waals surface area contributed by atoms with E-state index in [0.717, 1.165) is 22.7 Å². The van der Waals surface area contributed by atoms with Gasteiger partial charge in [-0.05, 0) is 109 Å². The molecular formula is C61H38N2. The van der Waals surface area contributed by atoms with Crippen LogP contribution in [0.4, 0.5) is 17.1 Å². The van der Waals surface area contributed by atoms with E-state index in [4.69, 9.17) is 0 Å². The SMILES string of the molecule is c1ccc(-n2c3ccccc3c3ccc(N(c4cccc5ccccc45)c4ccc5c6c(cccc46)C4(c6ccccc6-c6cccc7cccc4c67)c4ccccc4-5)cc32)cc1. The zero-order chi connectivity index (χ0) is 41.2. The van der Waals surface area contributed by atoms with Crippen LogP contribution in [0.2, 0.25) is 0 Å². The van der Waals surface area contributed by atoms with E-state index in [1.165, 1.54) is 98.6 Å². The van der Waals surface area contributed by atoms with Crippen molar-refractivity contribution in [3.63, 3.8) is 0 Å². The van der Waals surface area contributed by atoms with Crippen molar-refractivity contribution in [2.45, 2.75) is 5.41 Å². The number of hydrogen-bond acceptors (Lipinski definition) is 1. The van der Waals surface area contributed by atoms with Gasteiger partial charge in [-0.1, -0.05) is 188 Å². The van der Waals surface area contributed by atoms with Gasteiger partial charge in [0.25, 0.3) is 0 Å². The van der Waals surface area contributed by atoms with Crippen molar-refractivity contribution in [2.24, 2.45) is 0 Å². The Morgan fingerprint density at radius 1 is 0.317 bits per heavy atom. The Morgan fingerprint density at radius 2 is 0.857 bits per heavy atom. The van der Waals surface area contributed by atoms with Crippen LogP contribution in [-0.2, 0) is 5.41 Å². The van der Waals surface area contributed by atoms with Crippen LogP contribution in [0.25, 0.3) is 82.1 Å². The Labute approximate surface area is 365 Å². The van der Waals surface area contributed by atoms with E-state index >= 15 is 0 Å². The van der Waals surface area contributed by atoms with E-state index in [9.17, 15) is 0 Å². The van der Waals surface area contributed by atoms with Crippen molar-refractivity contribution in [1.82, 2.24) is 4.57 Å². The van der Waals surface area contributed by atoms with Gasteiger partial charge in [-0.2, -0.15) is 0 Å². The Morgan fingerprint density at radius 3 is 1.68 bits per heavy atom. The molecule has 0 radical (unpaired) electrons. The predicted molar refractivity (Wildman–Crippen MR) is 264 cm³/mol. The summed E-state index contributed by atoms with van der Waals surface area (Å²) in [4.78, 5) is 2.52. The fourth-order valence-corrected chi connectivity index (χ4v) is 11.7. The molecule has 0 saturated carbocycles. The minimum absolute atomic E-state index is 0.550. The van der Waals surface area contributed by atoms with Crippen LogP contribution in [0.5, 0.6) is 0 Å². The number of fused-ring (bicyclic) bond motifs is 12. The molecular weight excluding hydrogens is 761 g/mol. The van der Waals surface area contributed by atoms with E-state index in [1.807, 2.05) is 0 Å². The summed E-state index contributed by atoms with van der Waals surface area (Å²) in [5.41, 5.74) is 16.8. The Hall–Kier alpha value is -8.20. The van der Waals surface area contributed by atoms with Crippen LogP contribution in [0.1, 0.15) is 22.3 Å². The molecule has 2 aliphatic carbocycles. The molecule has 63 heavy (non-hydrogen) atoms. The smallest absolute Gasteiger partial charge is 0.0725 e. The minimum Gasteiger partial charge on any atom is -0.309 e. The molecule has 11 aromatic carbocycles. The summed E-state index contributed by atoms with van der Waals surface area (Å²) in [6, 6.07) is 86.1. The molecule has 0 fully saturated rings. The number of benzene rings is 11. The summed E-state index contributed by atoms with van der Waals surface area (Å²) in [7, 11) is 0. The summed E-state index contributed by atoms with van der Waals surface area (Å²) in [5.74, 6) is 0. The maximum atomic E-state index is 2.52. The van der Waals surface area contributed by atoms with Crippen LogP contribution in [0.3, 0.4) is 0 Å². The first kappa shape index (κ1) is 34.5. The molecule has 0 bridgehead atoms. The van der Waals surface area contributed by atoms with Crippen LogP contribution in [-0.4, -0.2) is 4.57 Å². The zero-order valence-corrected chi connectivity index (χ0v) is 34.3. The molecule has 1 unspecified atom stereocenters. The van der Waals surface area contributed by atoms with E-state index < -0.39 is 5.41 Å². The number of nitrogens with zero attached hydrogens (tertiary/aromatic N) is 2. The average Bonchev–Trinajstić information content (AvgIpc) is 3.68. The number of rotatable bonds is 4. The molecule has 0 N–H and O–H groups in total. The summed E-state index contributed by atoms with van der Waals surface area (Å²) < 4.78 is 2.42. The van der Waals surface area contributed by atoms with Gasteiger partial charge in [0, 0.05) is 32.9 Å². The van der Waals surface area contributed by atoms with E-state index in [0.29, 0.717) is 0 Å². The Balaban J connectivity index is 1.11. The lowest BCUT2D eigenvalue weighted by molar-refractivity contribution is 0.754. The highest BCUT2D eigenvalue weighted by atomic mass is 15.1. The second-order valence-electron chi connectivity index (χ2n) is 17.1. The van der Waals surface area contributed by atoms with Gasteiger partial charge in [-0.15, -0.1) is 0 Å². The van der Waals surface area contributed by atoms with Crippen molar-refractivity contribution in [2.75, 3.05) is 4.90 Å². The molecule has 1 aromatic heterocycles. The minimum atomic E-state index is -0.550. The normalized spacial score (nSPS) is 14.7. The van der Waals surface area contributed by atoms with Crippen LogP contribution in [0.15, 0.2) is 231 Å². The molecule has 2 heteroatoms. The lowest BCUT2D eigenvalue weighted by atomic mass is 9.55. The maximum Gasteiger partial charge on any atom is 0.0725 e. The first-order valence-corrected chi connectivity index (χ1v) is 21.9. The molecule has 1 heterocycles. The second kappa shape index (κ2) is 12.9. The van der Waals surface area contributed by atoms with Gasteiger partial charge in [-0.3, -0.25) is 0 Å². The van der Waals surface area contributed by atoms with Gasteiger partial charge < -0.3 is 9.47 Å². The van der Waals surface area contributed by atoms with Crippen molar-refractivity contribution in [3.8, 4) is 27.9 Å². The quantitative estimate of drug-likeness (QED) is 0.172. The third kappa shape index (κ3) is 4.57. The first-order chi connectivity index (χ1) is 31.3. The highest BCUT2D eigenvalue weighted by Crippen LogP contribution is 2.62. The fourth-order valence-electron chi connectivity index (χ4n) is 11.7. The number of hydrogen-bond donors (Lipinski definition) is 0. The molecule has 1 atom stereocenters. The second-order valence-corrected chi connectivity index (χ2v) is 17.1. The lowest BCUT2D eigenvalue weighted by Gasteiger charge is -2.46. The number of anilines is 3. The third-order valence-electron chi connectivity index (χ3n) is 14.2. The standard InChI is InChI=1S/C61H38N2/c1-2-20-41(21-3-1)62-56-32-11-8-25-46(56)47-35-34-42(38-58(47)62)63(55-33-14-17-39-16-4-5-22-43(39)55)57-37-36-49-45-24-7-10-29-52(45)61(54-31-15-27-50(57)60(49)54)51-28-9-6-23-44(51)48-26-12-18-40-19-13-30-53(61)59(40)48/h1-38H. The predicted octanol–water partition coefficient (Wildman–Crippen LogP) is 16.1.